The van der Waals surface area contributed by atoms with Crippen LogP contribution in [0.4, 0.5) is 26.3 Å². The highest BCUT2D eigenvalue weighted by Gasteiger charge is 2.37. The summed E-state index contributed by atoms with van der Waals surface area (Å²) >= 11 is 0.497. The number of thioether (sulfide) groups is 1. The van der Waals surface area contributed by atoms with Crippen molar-refractivity contribution in [3.8, 4) is 12.3 Å². The molecule has 1 aromatic rings. The molecule has 0 bridgehead atoms. The van der Waals surface area contributed by atoms with E-state index in [1.165, 1.54) is 13.8 Å². The Morgan fingerprint density at radius 1 is 1.08 bits per heavy atom. The number of alkyl halides is 6. The van der Waals surface area contributed by atoms with Crippen molar-refractivity contribution in [1.29, 1.82) is 0 Å². The van der Waals surface area contributed by atoms with Gasteiger partial charge in [-0.25, -0.2) is 0 Å². The summed E-state index contributed by atoms with van der Waals surface area (Å²) in [6.45, 7) is 2.84. The second kappa shape index (κ2) is 6.97. The summed E-state index contributed by atoms with van der Waals surface area (Å²) in [4.78, 5) is 11.2. The van der Waals surface area contributed by atoms with Gasteiger partial charge in [-0.3, -0.25) is 4.79 Å². The van der Waals surface area contributed by atoms with Gasteiger partial charge in [0.1, 0.15) is 0 Å². The van der Waals surface area contributed by atoms with Gasteiger partial charge in [0.15, 0.2) is 5.60 Å². The summed E-state index contributed by atoms with van der Waals surface area (Å²) < 4.78 is 81.1. The molecule has 0 saturated carbocycles. The number of esters is 1. The van der Waals surface area contributed by atoms with Crippen LogP contribution in [0.15, 0.2) is 23.1 Å². The van der Waals surface area contributed by atoms with E-state index in [1.807, 2.05) is 0 Å². The zero-order chi connectivity index (χ0) is 18.8. The lowest BCUT2D eigenvalue weighted by Gasteiger charge is -2.18. The van der Waals surface area contributed by atoms with Gasteiger partial charge < -0.3 is 4.74 Å². The molecule has 1 aromatic carbocycles. The molecule has 0 N–H and O–H groups in total. The fraction of sp³-hybridized carbons (Fsp3) is 0.400. The summed E-state index contributed by atoms with van der Waals surface area (Å²) in [6.07, 6.45) is -4.77. The lowest BCUT2D eigenvalue weighted by atomic mass is 10.1. The number of halogens is 6. The van der Waals surface area contributed by atoms with Crippen molar-refractivity contribution in [2.24, 2.45) is 0 Å². The van der Waals surface area contributed by atoms with Crippen molar-refractivity contribution < 1.29 is 35.9 Å². The molecule has 0 heterocycles. The van der Waals surface area contributed by atoms with Gasteiger partial charge >= 0.3 is 18.3 Å². The summed E-state index contributed by atoms with van der Waals surface area (Å²) in [5, 5.41) is 0. The lowest BCUT2D eigenvalue weighted by Crippen LogP contribution is -2.26. The largest absolute Gasteiger partial charge is 0.446 e. The normalized spacial score (nSPS) is 12.6. The molecule has 0 saturated heterocycles. The third-order valence-corrected chi connectivity index (χ3v) is 3.58. The van der Waals surface area contributed by atoms with Gasteiger partial charge in [-0.2, -0.15) is 26.3 Å². The fourth-order valence-electron chi connectivity index (χ4n) is 1.50. The Morgan fingerprint density at radius 2 is 1.54 bits per heavy atom. The van der Waals surface area contributed by atoms with Crippen LogP contribution in [0.3, 0.4) is 0 Å². The number of carbonyl (C=O) groups is 1. The third-order valence-electron chi connectivity index (χ3n) is 2.63. The highest BCUT2D eigenvalue weighted by molar-refractivity contribution is 8.00. The molecule has 1 rings (SSSR count). The molecule has 0 fully saturated rings. The summed E-state index contributed by atoms with van der Waals surface area (Å²) in [5.41, 5.74) is -4.11. The molecule has 0 atom stereocenters. The molecule has 0 amide bonds. The van der Waals surface area contributed by atoms with Crippen LogP contribution >= 0.6 is 11.8 Å². The van der Waals surface area contributed by atoms with E-state index in [9.17, 15) is 31.1 Å². The van der Waals surface area contributed by atoms with Crippen molar-refractivity contribution >= 4 is 17.7 Å². The van der Waals surface area contributed by atoms with Crippen LogP contribution in [0.25, 0.3) is 0 Å². The van der Waals surface area contributed by atoms with Crippen LogP contribution in [-0.2, 0) is 21.9 Å². The first kappa shape index (κ1) is 20.2. The number of ether oxygens (including phenoxy) is 1. The minimum absolute atomic E-state index is 0.0177. The maximum atomic E-state index is 12.7. The summed E-state index contributed by atoms with van der Waals surface area (Å²) in [6, 6.07) is 1.10. The molecular formula is C15H12F6O2S. The Bertz CT molecular complexity index is 623. The average molecular weight is 370 g/mol. The van der Waals surface area contributed by atoms with Gasteiger partial charge in [-0.05, 0) is 32.0 Å². The van der Waals surface area contributed by atoms with Gasteiger partial charge in [-0.15, -0.1) is 18.2 Å². The first-order valence-corrected chi connectivity index (χ1v) is 7.35. The van der Waals surface area contributed by atoms with Crippen LogP contribution in [0.1, 0.15) is 25.0 Å². The average Bonchev–Trinajstić information content (AvgIpc) is 2.42. The molecule has 24 heavy (non-hydrogen) atoms. The van der Waals surface area contributed by atoms with Crippen molar-refractivity contribution in [1.82, 2.24) is 0 Å². The van der Waals surface area contributed by atoms with Gasteiger partial charge in [-0.1, -0.05) is 5.92 Å². The molecule has 0 aliphatic rings. The molecule has 0 unspecified atom stereocenters. The summed E-state index contributed by atoms with van der Waals surface area (Å²) in [5.74, 6) is 0.843. The molecule has 0 spiro atoms. The molecule has 2 nitrogen and oxygen atoms in total. The zero-order valence-corrected chi connectivity index (χ0v) is 13.3. The Balaban J connectivity index is 3.00. The minimum atomic E-state index is -4.94. The SMILES string of the molecule is C#CC(C)(C)OC(=O)CSc1cc(C(F)(F)F)cc(C(F)(F)F)c1. The Morgan fingerprint density at radius 3 is 1.92 bits per heavy atom. The number of terminal acetylenes is 1. The van der Waals surface area contributed by atoms with Gasteiger partial charge in [0, 0.05) is 4.90 Å². The van der Waals surface area contributed by atoms with Crippen LogP contribution in [-0.4, -0.2) is 17.3 Å². The molecule has 0 radical (unpaired) electrons. The van der Waals surface area contributed by atoms with E-state index in [2.05, 4.69) is 5.92 Å². The third kappa shape index (κ3) is 6.00. The van der Waals surface area contributed by atoms with Crippen molar-refractivity contribution in [2.75, 3.05) is 5.75 Å². The predicted octanol–water partition coefficient (Wildman–Crippen LogP) is 4.77. The van der Waals surface area contributed by atoms with E-state index in [4.69, 9.17) is 11.2 Å². The van der Waals surface area contributed by atoms with E-state index < -0.39 is 40.8 Å². The highest BCUT2D eigenvalue weighted by atomic mass is 32.2. The molecule has 9 heteroatoms. The fourth-order valence-corrected chi connectivity index (χ4v) is 2.26. The number of benzene rings is 1. The maximum absolute atomic E-state index is 12.7. The van der Waals surface area contributed by atoms with Crippen LogP contribution in [0.5, 0.6) is 0 Å². The first-order chi connectivity index (χ1) is 10.7. The van der Waals surface area contributed by atoms with Crippen molar-refractivity contribution in [2.45, 2.75) is 36.7 Å². The van der Waals surface area contributed by atoms with Crippen LogP contribution < -0.4 is 0 Å². The highest BCUT2D eigenvalue weighted by Crippen LogP contribution is 2.38. The van der Waals surface area contributed by atoms with E-state index in [1.54, 1.807) is 0 Å². The monoisotopic (exact) mass is 370 g/mol. The molecular weight excluding hydrogens is 358 g/mol. The van der Waals surface area contributed by atoms with Gasteiger partial charge in [0.2, 0.25) is 0 Å². The van der Waals surface area contributed by atoms with Crippen LogP contribution in [0.2, 0.25) is 0 Å². The Hall–Kier alpha value is -1.82. The number of rotatable bonds is 4. The predicted molar refractivity (Wildman–Crippen MR) is 76.2 cm³/mol. The van der Waals surface area contributed by atoms with Crippen molar-refractivity contribution in [3.63, 3.8) is 0 Å². The van der Waals surface area contributed by atoms with Gasteiger partial charge in [0.25, 0.3) is 0 Å². The number of hydrogen-bond donors (Lipinski definition) is 0. The van der Waals surface area contributed by atoms with E-state index in [0.29, 0.717) is 23.9 Å². The lowest BCUT2D eigenvalue weighted by molar-refractivity contribution is -0.148. The Labute approximate surface area is 138 Å². The quantitative estimate of drug-likeness (QED) is 0.331. The number of hydrogen-bond acceptors (Lipinski definition) is 3. The zero-order valence-electron chi connectivity index (χ0n) is 12.5. The molecule has 0 aliphatic heterocycles. The second-order valence-electron chi connectivity index (χ2n) is 5.16. The molecule has 132 valence electrons. The maximum Gasteiger partial charge on any atom is 0.416 e. The van der Waals surface area contributed by atoms with Crippen molar-refractivity contribution in [3.05, 3.63) is 29.3 Å². The van der Waals surface area contributed by atoms with Crippen LogP contribution in [0, 0.1) is 12.3 Å². The number of carbonyl (C=O) groups excluding carboxylic acids is 1. The smallest absolute Gasteiger partial charge is 0.416 e. The van der Waals surface area contributed by atoms with E-state index in [0.717, 1.165) is 0 Å². The first-order valence-electron chi connectivity index (χ1n) is 6.36. The molecule has 0 aliphatic carbocycles. The molecule has 0 aromatic heterocycles. The van der Waals surface area contributed by atoms with E-state index >= 15 is 0 Å². The topological polar surface area (TPSA) is 26.3 Å². The minimum Gasteiger partial charge on any atom is -0.446 e. The van der Waals surface area contributed by atoms with Gasteiger partial charge in [0.05, 0.1) is 16.9 Å². The van der Waals surface area contributed by atoms with E-state index in [-0.39, 0.29) is 11.0 Å². The summed E-state index contributed by atoms with van der Waals surface area (Å²) in [7, 11) is 0. The standard InChI is InChI=1S/C15H12F6O2S/c1-4-13(2,3)23-12(22)8-24-11-6-9(14(16,17)18)5-10(7-11)15(19,20)21/h1,5-7H,8H2,2-3H3. The second-order valence-corrected chi connectivity index (χ2v) is 6.21. The Kier molecular flexibility index (Phi) is 5.87.